The number of likely N-dealkylation sites (tertiary alicyclic amines) is 1. The molecule has 1 aromatic rings. The van der Waals surface area contributed by atoms with Gasteiger partial charge in [-0.2, -0.15) is 0 Å². The first-order valence-corrected chi connectivity index (χ1v) is 8.49. The molecule has 24 heavy (non-hydrogen) atoms. The number of carbonyl (C=O) groups excluding carboxylic acids is 1. The van der Waals surface area contributed by atoms with Crippen molar-refractivity contribution in [1.82, 2.24) is 20.7 Å². The lowest BCUT2D eigenvalue weighted by atomic mass is 10.2. The van der Waals surface area contributed by atoms with Gasteiger partial charge in [0, 0.05) is 38.7 Å². The summed E-state index contributed by atoms with van der Waals surface area (Å²) in [5.74, 6) is 1.06. The summed E-state index contributed by atoms with van der Waals surface area (Å²) in [6, 6.07) is 1.80. The van der Waals surface area contributed by atoms with Gasteiger partial charge in [-0.05, 0) is 26.2 Å². The first-order chi connectivity index (χ1) is 11.3. The van der Waals surface area contributed by atoms with Crippen molar-refractivity contribution in [3.05, 3.63) is 18.0 Å². The van der Waals surface area contributed by atoms with Gasteiger partial charge in [0.05, 0.1) is 6.54 Å². The third-order valence-electron chi connectivity index (χ3n) is 3.80. The summed E-state index contributed by atoms with van der Waals surface area (Å²) in [5.41, 5.74) is 0.803. The minimum absolute atomic E-state index is 0. The van der Waals surface area contributed by atoms with Crippen LogP contribution in [0.4, 0.5) is 0 Å². The Kier molecular flexibility index (Phi) is 10.4. The Balaban J connectivity index is 0.00000288. The molecule has 0 bridgehead atoms. The highest BCUT2D eigenvalue weighted by Crippen LogP contribution is 2.11. The van der Waals surface area contributed by atoms with Gasteiger partial charge in [0.15, 0.2) is 5.96 Å². The Hall–Kier alpha value is -1.32. The van der Waals surface area contributed by atoms with Gasteiger partial charge in [-0.15, -0.1) is 24.0 Å². The molecule has 1 aliphatic heterocycles. The van der Waals surface area contributed by atoms with Gasteiger partial charge in [0.25, 0.3) is 0 Å². The highest BCUT2D eigenvalue weighted by molar-refractivity contribution is 14.0. The number of aliphatic imine (C=N–C) groups is 1. The molecule has 2 heterocycles. The summed E-state index contributed by atoms with van der Waals surface area (Å²) in [5, 5.41) is 10.3. The number of guanidine groups is 1. The lowest BCUT2D eigenvalue weighted by Gasteiger charge is -2.20. The van der Waals surface area contributed by atoms with Gasteiger partial charge in [-0.1, -0.05) is 11.6 Å². The molecule has 0 aliphatic carbocycles. The van der Waals surface area contributed by atoms with E-state index in [1.54, 1.807) is 12.3 Å². The van der Waals surface area contributed by atoms with E-state index in [0.29, 0.717) is 18.9 Å². The van der Waals surface area contributed by atoms with Gasteiger partial charge in [0.1, 0.15) is 12.0 Å². The van der Waals surface area contributed by atoms with Crippen molar-refractivity contribution in [2.45, 2.75) is 45.6 Å². The highest BCUT2D eigenvalue weighted by Gasteiger charge is 2.15. The van der Waals surface area contributed by atoms with Crippen LogP contribution in [0.15, 0.2) is 21.8 Å². The van der Waals surface area contributed by atoms with Crippen molar-refractivity contribution < 1.29 is 9.32 Å². The fraction of sp³-hybridized carbons (Fsp3) is 0.688. The molecule has 0 spiro atoms. The number of rotatable bonds is 7. The number of carbonyl (C=O) groups is 1. The van der Waals surface area contributed by atoms with Crippen LogP contribution in [0.1, 0.15) is 44.7 Å². The first-order valence-electron chi connectivity index (χ1n) is 8.49. The molecule has 1 saturated heterocycles. The summed E-state index contributed by atoms with van der Waals surface area (Å²) in [4.78, 5) is 18.4. The quantitative estimate of drug-likeness (QED) is 0.289. The van der Waals surface area contributed by atoms with Crippen LogP contribution in [0.25, 0.3) is 0 Å². The Morgan fingerprint density at radius 1 is 1.38 bits per heavy atom. The Morgan fingerprint density at radius 2 is 2.25 bits per heavy atom. The molecule has 1 aliphatic rings. The van der Waals surface area contributed by atoms with Crippen molar-refractivity contribution >= 4 is 35.8 Å². The molecule has 0 aromatic carbocycles. The summed E-state index contributed by atoms with van der Waals surface area (Å²) < 4.78 is 4.80. The number of halogens is 1. The highest BCUT2D eigenvalue weighted by atomic mass is 127. The standard InChI is InChI=1S/C16H27N5O2.HI/c1-2-17-16(19-13-14-8-12-23-20-14)18-9-6-11-21-10-5-3-4-7-15(21)22;/h8,12H,2-7,9-11,13H2,1H3,(H2,17,18,19);1H. The second kappa shape index (κ2) is 12.1. The van der Waals surface area contributed by atoms with Gasteiger partial charge in [-0.3, -0.25) is 4.79 Å². The minimum Gasteiger partial charge on any atom is -0.364 e. The fourth-order valence-electron chi connectivity index (χ4n) is 2.57. The first kappa shape index (κ1) is 20.7. The summed E-state index contributed by atoms with van der Waals surface area (Å²) in [6.07, 6.45) is 6.49. The molecule has 2 rings (SSSR count). The number of aromatic nitrogens is 1. The van der Waals surface area contributed by atoms with Crippen molar-refractivity contribution in [3.63, 3.8) is 0 Å². The monoisotopic (exact) mass is 449 g/mol. The average molecular weight is 449 g/mol. The predicted octanol–water partition coefficient (Wildman–Crippen LogP) is 2.14. The second-order valence-corrected chi connectivity index (χ2v) is 5.66. The van der Waals surface area contributed by atoms with Crippen LogP contribution < -0.4 is 10.6 Å². The van der Waals surface area contributed by atoms with Crippen molar-refractivity contribution in [3.8, 4) is 0 Å². The largest absolute Gasteiger partial charge is 0.364 e. The van der Waals surface area contributed by atoms with E-state index in [1.807, 2.05) is 11.8 Å². The van der Waals surface area contributed by atoms with Crippen LogP contribution in [0, 0.1) is 0 Å². The van der Waals surface area contributed by atoms with E-state index in [9.17, 15) is 4.79 Å². The lowest BCUT2D eigenvalue weighted by Crippen LogP contribution is -2.39. The summed E-state index contributed by atoms with van der Waals surface area (Å²) in [7, 11) is 0. The number of amides is 1. The molecule has 7 nitrogen and oxygen atoms in total. The molecular weight excluding hydrogens is 421 g/mol. The molecule has 1 amide bonds. The molecule has 0 atom stereocenters. The van der Waals surface area contributed by atoms with E-state index >= 15 is 0 Å². The normalized spacial score (nSPS) is 15.6. The second-order valence-electron chi connectivity index (χ2n) is 5.66. The maximum Gasteiger partial charge on any atom is 0.222 e. The van der Waals surface area contributed by atoms with Gasteiger partial charge >= 0.3 is 0 Å². The van der Waals surface area contributed by atoms with E-state index in [-0.39, 0.29) is 24.0 Å². The number of hydrogen-bond donors (Lipinski definition) is 2. The van der Waals surface area contributed by atoms with E-state index in [4.69, 9.17) is 4.52 Å². The smallest absolute Gasteiger partial charge is 0.222 e. The van der Waals surface area contributed by atoms with Gasteiger partial charge < -0.3 is 20.1 Å². The van der Waals surface area contributed by atoms with Gasteiger partial charge in [0.2, 0.25) is 5.91 Å². The third kappa shape index (κ3) is 7.50. The molecule has 0 radical (unpaired) electrons. The predicted molar refractivity (Wildman–Crippen MR) is 104 cm³/mol. The molecule has 0 unspecified atom stereocenters. The molecule has 0 saturated carbocycles. The summed E-state index contributed by atoms with van der Waals surface area (Å²) in [6.45, 7) is 5.82. The Morgan fingerprint density at radius 3 is 3.00 bits per heavy atom. The fourth-order valence-corrected chi connectivity index (χ4v) is 2.57. The lowest BCUT2D eigenvalue weighted by molar-refractivity contribution is -0.130. The SMILES string of the molecule is CCNC(=NCc1ccon1)NCCCN1CCCCCC1=O.I. The molecule has 1 fully saturated rings. The topological polar surface area (TPSA) is 82.8 Å². The number of nitrogens with zero attached hydrogens (tertiary/aromatic N) is 3. The molecule has 1 aromatic heterocycles. The Bertz CT molecular complexity index is 493. The van der Waals surface area contributed by atoms with E-state index in [1.165, 1.54) is 6.42 Å². The third-order valence-corrected chi connectivity index (χ3v) is 3.80. The maximum atomic E-state index is 11.9. The van der Waals surface area contributed by atoms with Crippen LogP contribution in [0.2, 0.25) is 0 Å². The average Bonchev–Trinajstić information content (AvgIpc) is 2.99. The van der Waals surface area contributed by atoms with E-state index in [2.05, 4.69) is 20.8 Å². The van der Waals surface area contributed by atoms with Crippen LogP contribution in [-0.2, 0) is 11.3 Å². The minimum atomic E-state index is 0. The van der Waals surface area contributed by atoms with Crippen LogP contribution in [-0.4, -0.2) is 48.1 Å². The number of hydrogen-bond acceptors (Lipinski definition) is 4. The molecule has 2 N–H and O–H groups in total. The van der Waals surface area contributed by atoms with Crippen molar-refractivity contribution in [1.29, 1.82) is 0 Å². The zero-order valence-corrected chi connectivity index (χ0v) is 16.6. The Labute approximate surface area is 160 Å². The van der Waals surface area contributed by atoms with Crippen LogP contribution in [0.3, 0.4) is 0 Å². The van der Waals surface area contributed by atoms with Crippen LogP contribution in [0.5, 0.6) is 0 Å². The number of nitrogens with one attached hydrogen (secondary N) is 2. The zero-order chi connectivity index (χ0) is 16.3. The zero-order valence-electron chi connectivity index (χ0n) is 14.3. The van der Waals surface area contributed by atoms with Crippen molar-refractivity contribution in [2.75, 3.05) is 26.2 Å². The van der Waals surface area contributed by atoms with Gasteiger partial charge in [-0.25, -0.2) is 4.99 Å². The van der Waals surface area contributed by atoms with E-state index in [0.717, 1.165) is 57.1 Å². The molecular formula is C16H28IN5O2. The maximum absolute atomic E-state index is 11.9. The van der Waals surface area contributed by atoms with Crippen LogP contribution >= 0.6 is 24.0 Å². The van der Waals surface area contributed by atoms with Crippen molar-refractivity contribution in [2.24, 2.45) is 4.99 Å². The van der Waals surface area contributed by atoms with E-state index < -0.39 is 0 Å². The molecule has 8 heteroatoms. The molecule has 136 valence electrons. The summed E-state index contributed by atoms with van der Waals surface area (Å²) >= 11 is 0.